The molecule has 124 valence electrons. The quantitative estimate of drug-likeness (QED) is 0.830. The number of hydrogen-bond donors (Lipinski definition) is 2. The van der Waals surface area contributed by atoms with Crippen LogP contribution in [0, 0.1) is 23.2 Å². The van der Waals surface area contributed by atoms with Gasteiger partial charge in [0.1, 0.15) is 6.54 Å². The van der Waals surface area contributed by atoms with Gasteiger partial charge in [0.2, 0.25) is 0 Å². The van der Waals surface area contributed by atoms with Gasteiger partial charge in [-0.25, -0.2) is 4.68 Å². The molecule has 0 amide bonds. The fourth-order valence-corrected chi connectivity index (χ4v) is 4.13. The van der Waals surface area contributed by atoms with Gasteiger partial charge in [0.25, 0.3) is 5.56 Å². The summed E-state index contributed by atoms with van der Waals surface area (Å²) in [4.78, 5) is 22.6. The number of fused-ring (bicyclic) bond motifs is 2. The Labute approximate surface area is 135 Å². The SMILES string of the molecule is C[C@@H]1[C@H]2C=C[C@@H](C[C@H]1Nc1cnn(CC(=O)O)c(=O)c1)C2(C)C. The highest BCUT2D eigenvalue weighted by Gasteiger charge is 2.48. The molecule has 0 aromatic carbocycles. The van der Waals surface area contributed by atoms with Gasteiger partial charge in [-0.3, -0.25) is 9.59 Å². The van der Waals surface area contributed by atoms with E-state index in [2.05, 4.69) is 43.3 Å². The van der Waals surface area contributed by atoms with E-state index >= 15 is 0 Å². The first-order valence-electron chi connectivity index (χ1n) is 8.03. The number of rotatable bonds is 4. The highest BCUT2D eigenvalue weighted by molar-refractivity contribution is 5.66. The lowest BCUT2D eigenvalue weighted by atomic mass is 9.61. The average molecular weight is 317 g/mol. The van der Waals surface area contributed by atoms with Crippen LogP contribution in [0.1, 0.15) is 27.2 Å². The third-order valence-corrected chi connectivity index (χ3v) is 5.58. The van der Waals surface area contributed by atoms with Crippen molar-refractivity contribution in [3.05, 3.63) is 34.8 Å². The van der Waals surface area contributed by atoms with E-state index in [0.717, 1.165) is 11.1 Å². The number of carboxylic acids is 1. The van der Waals surface area contributed by atoms with Crippen LogP contribution in [-0.2, 0) is 11.3 Å². The van der Waals surface area contributed by atoms with Crippen molar-refractivity contribution in [2.75, 3.05) is 5.32 Å². The minimum atomic E-state index is -1.08. The zero-order chi connectivity index (χ0) is 16.8. The lowest BCUT2D eigenvalue weighted by molar-refractivity contribution is -0.138. The summed E-state index contributed by atoms with van der Waals surface area (Å²) in [6.45, 7) is 6.48. The van der Waals surface area contributed by atoms with Gasteiger partial charge >= 0.3 is 5.97 Å². The number of nitrogens with zero attached hydrogens (tertiary/aromatic N) is 2. The van der Waals surface area contributed by atoms with E-state index in [0.29, 0.717) is 28.9 Å². The zero-order valence-electron chi connectivity index (χ0n) is 13.7. The van der Waals surface area contributed by atoms with Gasteiger partial charge in [-0.2, -0.15) is 5.10 Å². The molecular weight excluding hydrogens is 294 g/mol. The van der Waals surface area contributed by atoms with Crippen molar-refractivity contribution in [2.24, 2.45) is 23.2 Å². The van der Waals surface area contributed by atoms with E-state index in [9.17, 15) is 9.59 Å². The third kappa shape index (κ3) is 2.78. The van der Waals surface area contributed by atoms with Crippen LogP contribution >= 0.6 is 0 Å². The van der Waals surface area contributed by atoms with E-state index in [4.69, 9.17) is 5.11 Å². The van der Waals surface area contributed by atoms with Crippen LogP contribution in [0.15, 0.2) is 29.2 Å². The van der Waals surface area contributed by atoms with E-state index < -0.39 is 18.1 Å². The van der Waals surface area contributed by atoms with Gasteiger partial charge in [0.05, 0.1) is 11.9 Å². The molecule has 0 unspecified atom stereocenters. The Morgan fingerprint density at radius 3 is 2.87 bits per heavy atom. The van der Waals surface area contributed by atoms with Crippen molar-refractivity contribution in [1.29, 1.82) is 0 Å². The number of nitrogens with one attached hydrogen (secondary N) is 1. The lowest BCUT2D eigenvalue weighted by Gasteiger charge is -2.46. The fraction of sp³-hybridized carbons (Fsp3) is 0.588. The fourth-order valence-electron chi connectivity index (χ4n) is 4.13. The predicted molar refractivity (Wildman–Crippen MR) is 87.2 cm³/mol. The molecule has 1 heterocycles. The Balaban J connectivity index is 1.75. The first-order chi connectivity index (χ1) is 10.8. The van der Waals surface area contributed by atoms with E-state index in [1.807, 2.05) is 0 Å². The van der Waals surface area contributed by atoms with Gasteiger partial charge in [-0.1, -0.05) is 32.9 Å². The minimum Gasteiger partial charge on any atom is -0.480 e. The smallest absolute Gasteiger partial charge is 0.325 e. The summed E-state index contributed by atoms with van der Waals surface area (Å²) in [5.41, 5.74) is 0.552. The summed E-state index contributed by atoms with van der Waals surface area (Å²) in [5.74, 6) is 0.452. The highest BCUT2D eigenvalue weighted by atomic mass is 16.4. The third-order valence-electron chi connectivity index (χ3n) is 5.58. The van der Waals surface area contributed by atoms with E-state index in [1.54, 1.807) is 0 Å². The van der Waals surface area contributed by atoms with Crippen molar-refractivity contribution < 1.29 is 9.90 Å². The zero-order valence-corrected chi connectivity index (χ0v) is 13.7. The maximum absolute atomic E-state index is 11.9. The molecule has 0 aliphatic heterocycles. The number of aliphatic carboxylic acids is 1. The minimum absolute atomic E-state index is 0.282. The van der Waals surface area contributed by atoms with Gasteiger partial charge in [0.15, 0.2) is 0 Å². The maximum atomic E-state index is 11.9. The largest absolute Gasteiger partial charge is 0.480 e. The molecule has 4 atom stereocenters. The number of allylic oxidation sites excluding steroid dienone is 2. The molecule has 1 aromatic rings. The summed E-state index contributed by atoms with van der Waals surface area (Å²) in [6.07, 6.45) is 7.22. The number of anilines is 1. The van der Waals surface area contributed by atoms with Crippen molar-refractivity contribution in [2.45, 2.75) is 39.8 Å². The Kier molecular flexibility index (Phi) is 3.78. The van der Waals surface area contributed by atoms with Crippen molar-refractivity contribution in [3.63, 3.8) is 0 Å². The van der Waals surface area contributed by atoms with E-state index in [-0.39, 0.29) is 6.04 Å². The van der Waals surface area contributed by atoms with Crippen LogP contribution in [0.2, 0.25) is 0 Å². The summed E-state index contributed by atoms with van der Waals surface area (Å²) >= 11 is 0. The second kappa shape index (κ2) is 5.51. The van der Waals surface area contributed by atoms with Crippen LogP contribution in [-0.4, -0.2) is 26.9 Å². The number of hydrogen-bond acceptors (Lipinski definition) is 4. The monoisotopic (exact) mass is 317 g/mol. The van der Waals surface area contributed by atoms with Crippen LogP contribution in [0.3, 0.4) is 0 Å². The predicted octanol–water partition coefficient (Wildman–Crippen LogP) is 1.98. The van der Waals surface area contributed by atoms with Crippen LogP contribution in [0.4, 0.5) is 5.69 Å². The molecule has 1 fully saturated rings. The van der Waals surface area contributed by atoms with Gasteiger partial charge in [0, 0.05) is 12.1 Å². The Morgan fingerprint density at radius 1 is 1.48 bits per heavy atom. The van der Waals surface area contributed by atoms with Gasteiger partial charge < -0.3 is 10.4 Å². The first-order valence-corrected chi connectivity index (χ1v) is 8.03. The molecular formula is C17H23N3O3. The molecule has 6 nitrogen and oxygen atoms in total. The number of carboxylic acid groups (broad SMARTS) is 1. The molecule has 0 saturated heterocycles. The molecule has 0 spiro atoms. The van der Waals surface area contributed by atoms with E-state index in [1.165, 1.54) is 12.3 Å². The summed E-state index contributed by atoms with van der Waals surface area (Å²) in [6, 6.07) is 1.71. The molecule has 2 aliphatic rings. The topological polar surface area (TPSA) is 84.2 Å². The maximum Gasteiger partial charge on any atom is 0.325 e. The summed E-state index contributed by atoms with van der Waals surface area (Å²) in [7, 11) is 0. The van der Waals surface area contributed by atoms with Crippen molar-refractivity contribution in [3.8, 4) is 0 Å². The van der Waals surface area contributed by atoms with Crippen LogP contribution in [0.5, 0.6) is 0 Å². The van der Waals surface area contributed by atoms with Crippen molar-refractivity contribution >= 4 is 11.7 Å². The molecule has 1 aromatic heterocycles. The molecule has 3 rings (SSSR count). The highest BCUT2D eigenvalue weighted by Crippen LogP contribution is 2.53. The first kappa shape index (κ1) is 15.8. The molecule has 1 saturated carbocycles. The molecule has 0 radical (unpaired) electrons. The molecule has 6 heteroatoms. The van der Waals surface area contributed by atoms with Crippen LogP contribution < -0.4 is 10.9 Å². The Hall–Kier alpha value is -2.11. The number of aromatic nitrogens is 2. The van der Waals surface area contributed by atoms with Gasteiger partial charge in [-0.05, 0) is 29.6 Å². The van der Waals surface area contributed by atoms with Gasteiger partial charge in [-0.15, -0.1) is 0 Å². The van der Waals surface area contributed by atoms with Crippen molar-refractivity contribution in [1.82, 2.24) is 9.78 Å². The molecule has 2 aliphatic carbocycles. The summed E-state index contributed by atoms with van der Waals surface area (Å²) < 4.78 is 0.951. The second-order valence-corrected chi connectivity index (χ2v) is 7.32. The molecule has 23 heavy (non-hydrogen) atoms. The average Bonchev–Trinajstić information content (AvgIpc) is 2.63. The standard InChI is InChI=1S/C17H23N3O3/c1-10-13-5-4-11(17(13,2)3)6-14(10)19-12-7-15(21)20(18-8-12)9-16(22)23/h4-5,7-8,10-11,13-14,19H,6,9H2,1-3H3,(H,22,23)/t10-,11+,13-,14-/m1/s1. The second-order valence-electron chi connectivity index (χ2n) is 7.32. The molecule has 2 bridgehead atoms. The van der Waals surface area contributed by atoms with Crippen LogP contribution in [0.25, 0.3) is 0 Å². The molecule has 2 N–H and O–H groups in total. The Morgan fingerprint density at radius 2 is 2.22 bits per heavy atom. The Bertz CT molecular complexity index is 707. The lowest BCUT2D eigenvalue weighted by Crippen LogP contribution is -2.46. The normalized spacial score (nSPS) is 31.1. The number of carbonyl (C=O) groups is 1. The summed E-state index contributed by atoms with van der Waals surface area (Å²) in [5, 5.41) is 16.1.